The molecule has 29 heavy (non-hydrogen) atoms. The third-order valence-corrected chi connectivity index (χ3v) is 4.90. The summed E-state index contributed by atoms with van der Waals surface area (Å²) < 4.78 is 4.65. The Balaban J connectivity index is 1.57. The number of amides is 3. The number of carbonyl (C=O) groups excluding carboxylic acids is 4. The molecule has 2 aromatic carbocycles. The second kappa shape index (κ2) is 8.45. The van der Waals surface area contributed by atoms with Crippen LogP contribution in [0.5, 0.6) is 0 Å². The van der Waals surface area contributed by atoms with Crippen LogP contribution in [0.15, 0.2) is 36.4 Å². The number of aryl methyl sites for hydroxylation is 1. The van der Waals surface area contributed by atoms with Crippen LogP contribution in [0.1, 0.15) is 49.5 Å². The van der Waals surface area contributed by atoms with E-state index >= 15 is 0 Å². The topological polar surface area (TPSA) is 92.8 Å². The van der Waals surface area contributed by atoms with Gasteiger partial charge in [0.15, 0.2) is 0 Å². The summed E-state index contributed by atoms with van der Waals surface area (Å²) in [7, 11) is 1.24. The molecule has 8 heteroatoms. The predicted molar refractivity (Wildman–Crippen MR) is 107 cm³/mol. The van der Waals surface area contributed by atoms with Crippen LogP contribution >= 0.6 is 11.6 Å². The van der Waals surface area contributed by atoms with E-state index in [1.165, 1.54) is 19.2 Å². The lowest BCUT2D eigenvalue weighted by molar-refractivity contribution is -0.116. The quantitative estimate of drug-likeness (QED) is 0.577. The van der Waals surface area contributed by atoms with Crippen LogP contribution in [0.3, 0.4) is 0 Å². The number of carbonyl (C=O) groups is 4. The Kier molecular flexibility index (Phi) is 5.98. The molecule has 0 spiro atoms. The van der Waals surface area contributed by atoms with Gasteiger partial charge < -0.3 is 10.1 Å². The van der Waals surface area contributed by atoms with Crippen molar-refractivity contribution < 1.29 is 23.9 Å². The van der Waals surface area contributed by atoms with Gasteiger partial charge in [-0.3, -0.25) is 19.3 Å². The first-order valence-electron chi connectivity index (χ1n) is 8.96. The number of halogens is 1. The second-order valence-electron chi connectivity index (χ2n) is 6.65. The summed E-state index contributed by atoms with van der Waals surface area (Å²) in [4.78, 5) is 49.9. The molecule has 0 radical (unpaired) electrons. The lowest BCUT2D eigenvalue weighted by Gasteiger charge is -2.13. The number of hydrogen-bond acceptors (Lipinski definition) is 5. The molecule has 0 unspecified atom stereocenters. The molecule has 0 bridgehead atoms. The number of benzene rings is 2. The number of anilines is 1. The fourth-order valence-electron chi connectivity index (χ4n) is 3.10. The van der Waals surface area contributed by atoms with Crippen molar-refractivity contribution >= 4 is 41.0 Å². The lowest BCUT2D eigenvalue weighted by atomic mass is 10.1. The molecule has 0 atom stereocenters. The summed E-state index contributed by atoms with van der Waals surface area (Å²) in [6.07, 6.45) is 0.413. The second-order valence-corrected chi connectivity index (χ2v) is 7.06. The minimum atomic E-state index is -0.605. The minimum Gasteiger partial charge on any atom is -0.465 e. The van der Waals surface area contributed by atoms with Crippen molar-refractivity contribution in [2.24, 2.45) is 0 Å². The van der Waals surface area contributed by atoms with E-state index in [9.17, 15) is 19.2 Å². The standard InChI is InChI=1S/C21H19ClN2O5/c1-12-5-7-14-15(10-12)20(27)24(19(14)26)9-3-4-18(25)23-13-6-8-17(22)16(11-13)21(28)29-2/h5-8,10-11H,3-4,9H2,1-2H3,(H,23,25). The molecule has 0 aromatic heterocycles. The molecule has 1 aliphatic heterocycles. The number of nitrogens with zero attached hydrogens (tertiary/aromatic N) is 1. The molecule has 2 aromatic rings. The van der Waals surface area contributed by atoms with Crippen molar-refractivity contribution in [3.8, 4) is 0 Å². The van der Waals surface area contributed by atoms with Gasteiger partial charge in [0.25, 0.3) is 11.8 Å². The average molecular weight is 415 g/mol. The molecule has 0 saturated heterocycles. The highest BCUT2D eigenvalue weighted by Gasteiger charge is 2.34. The zero-order valence-electron chi connectivity index (χ0n) is 16.0. The van der Waals surface area contributed by atoms with Crippen LogP contribution in [0.25, 0.3) is 0 Å². The first-order chi connectivity index (χ1) is 13.8. The van der Waals surface area contributed by atoms with Gasteiger partial charge in [0.1, 0.15) is 0 Å². The van der Waals surface area contributed by atoms with Crippen molar-refractivity contribution in [1.29, 1.82) is 0 Å². The molecule has 0 saturated carbocycles. The molecular formula is C21H19ClN2O5. The average Bonchev–Trinajstić information content (AvgIpc) is 2.93. The minimum absolute atomic E-state index is 0.0998. The third kappa shape index (κ3) is 4.30. The van der Waals surface area contributed by atoms with Crippen LogP contribution < -0.4 is 5.32 Å². The highest BCUT2D eigenvalue weighted by atomic mass is 35.5. The SMILES string of the molecule is COC(=O)c1cc(NC(=O)CCCN2C(=O)c3ccc(C)cc3C2=O)ccc1Cl. The van der Waals surface area contributed by atoms with E-state index in [4.69, 9.17) is 11.6 Å². The zero-order valence-corrected chi connectivity index (χ0v) is 16.7. The van der Waals surface area contributed by atoms with Gasteiger partial charge in [0.05, 0.1) is 28.8 Å². The Hall–Kier alpha value is -3.19. The Morgan fingerprint density at radius 1 is 1.07 bits per heavy atom. The molecular weight excluding hydrogens is 396 g/mol. The van der Waals surface area contributed by atoms with Crippen LogP contribution in [-0.2, 0) is 9.53 Å². The Labute approximate surface area is 172 Å². The number of nitrogens with one attached hydrogen (secondary N) is 1. The number of hydrogen-bond donors (Lipinski definition) is 1. The fourth-order valence-corrected chi connectivity index (χ4v) is 3.29. The first kappa shape index (κ1) is 20.5. The summed E-state index contributed by atoms with van der Waals surface area (Å²) in [6, 6.07) is 9.62. The van der Waals surface area contributed by atoms with E-state index in [-0.39, 0.29) is 41.3 Å². The fraction of sp³-hybridized carbons (Fsp3) is 0.238. The highest BCUT2D eigenvalue weighted by molar-refractivity contribution is 6.33. The normalized spacial score (nSPS) is 12.7. The van der Waals surface area contributed by atoms with E-state index in [1.54, 1.807) is 24.3 Å². The van der Waals surface area contributed by atoms with E-state index < -0.39 is 5.97 Å². The van der Waals surface area contributed by atoms with Crippen molar-refractivity contribution in [2.45, 2.75) is 19.8 Å². The van der Waals surface area contributed by atoms with E-state index in [0.717, 1.165) is 10.5 Å². The van der Waals surface area contributed by atoms with Crippen LogP contribution in [0, 0.1) is 6.92 Å². The number of rotatable bonds is 6. The van der Waals surface area contributed by atoms with Gasteiger partial charge in [-0.05, 0) is 43.7 Å². The van der Waals surface area contributed by atoms with E-state index in [1.807, 2.05) is 6.92 Å². The molecule has 3 amide bonds. The summed E-state index contributed by atoms with van der Waals surface area (Å²) >= 11 is 5.96. The maximum atomic E-state index is 12.4. The Morgan fingerprint density at radius 3 is 2.52 bits per heavy atom. The maximum absolute atomic E-state index is 12.4. The van der Waals surface area contributed by atoms with Crippen molar-refractivity contribution in [3.05, 3.63) is 63.7 Å². The smallest absolute Gasteiger partial charge is 0.339 e. The summed E-state index contributed by atoms with van der Waals surface area (Å²) in [5.74, 6) is -1.59. The van der Waals surface area contributed by atoms with Gasteiger partial charge in [-0.1, -0.05) is 23.2 Å². The largest absolute Gasteiger partial charge is 0.465 e. The van der Waals surface area contributed by atoms with Crippen molar-refractivity contribution in [1.82, 2.24) is 4.90 Å². The van der Waals surface area contributed by atoms with Crippen LogP contribution in [0.2, 0.25) is 5.02 Å². The van der Waals surface area contributed by atoms with Gasteiger partial charge in [-0.25, -0.2) is 4.79 Å². The summed E-state index contributed by atoms with van der Waals surface area (Å²) in [6.45, 7) is 2.00. The van der Waals surface area contributed by atoms with E-state index in [2.05, 4.69) is 10.1 Å². The van der Waals surface area contributed by atoms with E-state index in [0.29, 0.717) is 23.2 Å². The number of fused-ring (bicyclic) bond motifs is 1. The van der Waals surface area contributed by atoms with Crippen molar-refractivity contribution in [3.63, 3.8) is 0 Å². The lowest BCUT2D eigenvalue weighted by Crippen LogP contribution is -2.31. The highest BCUT2D eigenvalue weighted by Crippen LogP contribution is 2.24. The Morgan fingerprint density at radius 2 is 1.79 bits per heavy atom. The van der Waals surface area contributed by atoms with Gasteiger partial charge in [0.2, 0.25) is 5.91 Å². The predicted octanol–water partition coefficient (Wildman–Crippen LogP) is 3.45. The maximum Gasteiger partial charge on any atom is 0.339 e. The zero-order chi connectivity index (χ0) is 21.1. The molecule has 3 rings (SSSR count). The first-order valence-corrected chi connectivity index (χ1v) is 9.34. The molecule has 0 aliphatic carbocycles. The van der Waals surface area contributed by atoms with Gasteiger partial charge in [-0.2, -0.15) is 0 Å². The Bertz CT molecular complexity index is 1020. The monoisotopic (exact) mass is 414 g/mol. The molecule has 1 heterocycles. The van der Waals surface area contributed by atoms with Crippen LogP contribution in [-0.4, -0.2) is 42.2 Å². The number of ether oxygens (including phenoxy) is 1. The summed E-state index contributed by atoms with van der Waals surface area (Å²) in [5, 5.41) is 2.89. The van der Waals surface area contributed by atoms with Crippen molar-refractivity contribution in [2.75, 3.05) is 19.0 Å². The van der Waals surface area contributed by atoms with Gasteiger partial charge >= 0.3 is 5.97 Å². The summed E-state index contributed by atoms with van der Waals surface area (Å²) in [5.41, 5.74) is 2.24. The molecule has 150 valence electrons. The van der Waals surface area contributed by atoms with Crippen LogP contribution in [0.4, 0.5) is 5.69 Å². The number of imide groups is 1. The molecule has 1 N–H and O–H groups in total. The number of methoxy groups -OCH3 is 1. The molecule has 0 fully saturated rings. The third-order valence-electron chi connectivity index (χ3n) is 4.57. The molecule has 1 aliphatic rings. The van der Waals surface area contributed by atoms with Gasteiger partial charge in [-0.15, -0.1) is 0 Å². The molecule has 7 nitrogen and oxygen atoms in total. The number of esters is 1. The van der Waals surface area contributed by atoms with Gasteiger partial charge in [0, 0.05) is 18.7 Å².